The van der Waals surface area contributed by atoms with Crippen molar-refractivity contribution >= 4 is 5.97 Å². The molecule has 7 N–H and O–H groups in total. The van der Waals surface area contributed by atoms with Crippen molar-refractivity contribution in [2.24, 2.45) is 29.4 Å². The zero-order chi connectivity index (χ0) is 38.3. The molecule has 50 heavy (non-hydrogen) atoms. The second kappa shape index (κ2) is 16.6. The van der Waals surface area contributed by atoms with Crippen LogP contribution in [-0.4, -0.2) is 148 Å². The summed E-state index contributed by atoms with van der Waals surface area (Å²) in [4.78, 5) is 15.9. The number of hydrogen-bond donors (Lipinski definition) is 6. The fraction of sp³-hybridized carbons (Fsp3) is 0.972. The molecule has 3 rings (SSSR count). The van der Waals surface area contributed by atoms with Crippen LogP contribution in [-0.2, 0) is 33.2 Å². The van der Waals surface area contributed by atoms with Crippen LogP contribution < -0.4 is 5.73 Å². The molecule has 294 valence electrons. The van der Waals surface area contributed by atoms with Crippen molar-refractivity contribution in [1.29, 1.82) is 0 Å². The van der Waals surface area contributed by atoms with Crippen LogP contribution in [0, 0.1) is 23.7 Å². The molecule has 3 saturated heterocycles. The summed E-state index contributed by atoms with van der Waals surface area (Å²) in [6.45, 7) is 16.9. The molecule has 3 aliphatic rings. The summed E-state index contributed by atoms with van der Waals surface area (Å²) in [6, 6.07) is -0.983. The molecule has 3 fully saturated rings. The maximum Gasteiger partial charge on any atom is 0.311 e. The Morgan fingerprint density at radius 3 is 2.04 bits per heavy atom. The van der Waals surface area contributed by atoms with Gasteiger partial charge in [0.05, 0.1) is 47.6 Å². The molecule has 0 aromatic heterocycles. The Morgan fingerprint density at radius 2 is 1.48 bits per heavy atom. The van der Waals surface area contributed by atoms with E-state index in [2.05, 4.69) is 0 Å². The van der Waals surface area contributed by atoms with Gasteiger partial charge >= 0.3 is 5.97 Å². The minimum absolute atomic E-state index is 0.0872. The third-order valence-corrected chi connectivity index (χ3v) is 12.0. The molecule has 0 radical (unpaired) electrons. The van der Waals surface area contributed by atoms with Gasteiger partial charge in [-0.05, 0) is 81.3 Å². The van der Waals surface area contributed by atoms with Crippen LogP contribution in [0.25, 0.3) is 0 Å². The van der Waals surface area contributed by atoms with Crippen LogP contribution in [0.4, 0.5) is 0 Å². The maximum atomic E-state index is 14.0. The molecule has 0 amide bonds. The number of ether oxygens (including phenoxy) is 6. The zero-order valence-electron chi connectivity index (χ0n) is 32.5. The van der Waals surface area contributed by atoms with E-state index in [1.807, 2.05) is 32.8 Å². The summed E-state index contributed by atoms with van der Waals surface area (Å²) < 4.78 is 37.1. The van der Waals surface area contributed by atoms with Gasteiger partial charge in [-0.1, -0.05) is 20.8 Å². The molecule has 8 unspecified atom stereocenters. The van der Waals surface area contributed by atoms with Gasteiger partial charge in [-0.15, -0.1) is 0 Å². The average molecular weight is 721 g/mol. The van der Waals surface area contributed by atoms with Gasteiger partial charge in [0.1, 0.15) is 23.9 Å². The lowest BCUT2D eigenvalue weighted by atomic mass is 9.73. The topological polar surface area (TPSA) is 203 Å². The Balaban J connectivity index is 2.16. The number of carbonyl (C=O) groups is 1. The molecular formula is C36H68N2O12. The van der Waals surface area contributed by atoms with Gasteiger partial charge in [0.25, 0.3) is 0 Å². The van der Waals surface area contributed by atoms with Crippen molar-refractivity contribution in [1.82, 2.24) is 4.90 Å². The molecule has 0 aromatic carbocycles. The first-order valence-corrected chi connectivity index (χ1v) is 18.2. The van der Waals surface area contributed by atoms with Crippen LogP contribution in [0.3, 0.4) is 0 Å². The summed E-state index contributed by atoms with van der Waals surface area (Å²) in [5.74, 6) is -3.59. The van der Waals surface area contributed by atoms with Gasteiger partial charge in [0, 0.05) is 37.5 Å². The smallest absolute Gasteiger partial charge is 0.311 e. The standard InChI is InChI=1S/C36H68N2O12/c1-17-15-34(8,43)31(50-33-27(39)24(38(11)12)14-18(2)46-33)20(4)28(49-25-16-35(9,45-13)30(41)22(6)47-25)21(5)32(42)48-23(7)36(10,44)29(40)19(3)26(17)37/h17-31,33,39-41,43-44H,14-16,37H2,1-13H3/t17-,18?,19+,20+,21-,22?,23-,24?,25?,26-,27?,28+,29-,30?,31-,33?,34-,35?,36-/m1/s1. The normalized spacial score (nSPS) is 52.0. The molecule has 0 aliphatic carbocycles. The van der Waals surface area contributed by atoms with E-state index in [0.717, 1.165) is 0 Å². The molecule has 0 saturated carbocycles. The van der Waals surface area contributed by atoms with E-state index in [1.165, 1.54) is 21.0 Å². The summed E-state index contributed by atoms with van der Waals surface area (Å²) in [6.07, 6.45) is -8.94. The molecule has 0 spiro atoms. The lowest BCUT2D eigenvalue weighted by Gasteiger charge is -2.49. The number of carbonyl (C=O) groups excluding carboxylic acids is 1. The highest BCUT2D eigenvalue weighted by atomic mass is 16.7. The van der Waals surface area contributed by atoms with Crippen LogP contribution >= 0.6 is 0 Å². The first-order valence-electron chi connectivity index (χ1n) is 18.2. The van der Waals surface area contributed by atoms with E-state index in [9.17, 15) is 30.3 Å². The van der Waals surface area contributed by atoms with Gasteiger partial charge in [-0.3, -0.25) is 4.79 Å². The van der Waals surface area contributed by atoms with Crippen LogP contribution in [0.1, 0.15) is 88.5 Å². The minimum atomic E-state index is -1.86. The van der Waals surface area contributed by atoms with E-state index in [4.69, 9.17) is 34.2 Å². The number of nitrogens with two attached hydrogens (primary N) is 1. The minimum Gasteiger partial charge on any atom is -0.459 e. The molecule has 0 aromatic rings. The molecule has 3 aliphatic heterocycles. The van der Waals surface area contributed by atoms with Crippen molar-refractivity contribution in [3.63, 3.8) is 0 Å². The summed E-state index contributed by atoms with van der Waals surface area (Å²) in [5, 5.41) is 57.6. The molecule has 14 nitrogen and oxygen atoms in total. The number of methoxy groups -OCH3 is 1. The third kappa shape index (κ3) is 9.19. The molecule has 19 atom stereocenters. The molecule has 14 heteroatoms. The Labute approximate surface area is 298 Å². The molecule has 0 bridgehead atoms. The highest BCUT2D eigenvalue weighted by Crippen LogP contribution is 2.41. The number of nitrogens with zero attached hydrogens (tertiary/aromatic N) is 1. The summed E-state index contributed by atoms with van der Waals surface area (Å²) >= 11 is 0. The average Bonchev–Trinajstić information content (AvgIpc) is 3.03. The second-order valence-corrected chi connectivity index (χ2v) is 16.5. The fourth-order valence-corrected chi connectivity index (χ4v) is 8.22. The van der Waals surface area contributed by atoms with Gasteiger partial charge in [-0.25, -0.2) is 0 Å². The highest BCUT2D eigenvalue weighted by Gasteiger charge is 2.53. The third-order valence-electron chi connectivity index (χ3n) is 12.0. The number of aliphatic hydroxyl groups excluding tert-OH is 3. The van der Waals surface area contributed by atoms with E-state index in [0.29, 0.717) is 6.42 Å². The first-order chi connectivity index (χ1) is 22.9. The predicted molar refractivity (Wildman–Crippen MR) is 185 cm³/mol. The number of aliphatic hydroxyl groups is 5. The van der Waals surface area contributed by atoms with E-state index >= 15 is 0 Å². The van der Waals surface area contributed by atoms with Crippen LogP contribution in [0.2, 0.25) is 0 Å². The fourth-order valence-electron chi connectivity index (χ4n) is 8.22. The quantitative estimate of drug-likeness (QED) is 0.213. The Bertz CT molecular complexity index is 1110. The molecular weight excluding hydrogens is 652 g/mol. The number of hydrogen-bond acceptors (Lipinski definition) is 14. The van der Waals surface area contributed by atoms with Crippen molar-refractivity contribution in [3.05, 3.63) is 0 Å². The SMILES string of the molecule is COC1(C)CC(O[C@H]2[C@H](C)[C@@H](OC3OC(C)CC(N(C)C)C3O)[C@](C)(O)C[C@@H](C)[C@@H](N)[C@H](C)[C@@H](O)[C@](C)(O)[C@@H](C)OC(=O)[C@@H]2C)OC(C)C1O. The summed E-state index contributed by atoms with van der Waals surface area (Å²) in [5.41, 5.74) is 2.15. The van der Waals surface area contributed by atoms with E-state index in [1.54, 1.807) is 41.5 Å². The van der Waals surface area contributed by atoms with Crippen molar-refractivity contribution in [3.8, 4) is 0 Å². The van der Waals surface area contributed by atoms with E-state index in [-0.39, 0.29) is 25.0 Å². The van der Waals surface area contributed by atoms with Gasteiger partial charge in [-0.2, -0.15) is 0 Å². The number of rotatable bonds is 6. The number of cyclic esters (lactones) is 1. The maximum absolute atomic E-state index is 14.0. The van der Waals surface area contributed by atoms with Crippen molar-refractivity contribution in [2.75, 3.05) is 21.2 Å². The highest BCUT2D eigenvalue weighted by molar-refractivity contribution is 5.73. The lowest BCUT2D eigenvalue weighted by molar-refractivity contribution is -0.318. The van der Waals surface area contributed by atoms with Gasteiger partial charge in [0.2, 0.25) is 0 Å². The molecule has 3 heterocycles. The lowest BCUT2D eigenvalue weighted by Crippen LogP contribution is -2.61. The van der Waals surface area contributed by atoms with E-state index < -0.39 is 108 Å². The largest absolute Gasteiger partial charge is 0.459 e. The Morgan fingerprint density at radius 1 is 0.880 bits per heavy atom. The monoisotopic (exact) mass is 720 g/mol. The van der Waals surface area contributed by atoms with Gasteiger partial charge < -0.3 is 64.6 Å². The predicted octanol–water partition coefficient (Wildman–Crippen LogP) is 1.15. The first kappa shape index (κ1) is 43.4. The number of likely N-dealkylation sites (N-methyl/N-ethyl adjacent to an activating group) is 1. The van der Waals surface area contributed by atoms with Crippen LogP contribution in [0.15, 0.2) is 0 Å². The Kier molecular flexibility index (Phi) is 14.4. The van der Waals surface area contributed by atoms with Gasteiger partial charge in [0.15, 0.2) is 12.6 Å². The van der Waals surface area contributed by atoms with Crippen molar-refractivity contribution in [2.45, 2.75) is 179 Å². The summed E-state index contributed by atoms with van der Waals surface area (Å²) in [7, 11) is 5.23. The Hall–Kier alpha value is -1.01. The number of esters is 1. The van der Waals surface area contributed by atoms with Crippen molar-refractivity contribution < 1.29 is 58.7 Å². The zero-order valence-corrected chi connectivity index (χ0v) is 32.5. The van der Waals surface area contributed by atoms with Crippen LogP contribution in [0.5, 0.6) is 0 Å². The second-order valence-electron chi connectivity index (χ2n) is 16.5.